The number of pyridine rings is 1. The van der Waals surface area contributed by atoms with Gasteiger partial charge in [-0.25, -0.2) is 0 Å². The van der Waals surface area contributed by atoms with Gasteiger partial charge in [0.2, 0.25) is 0 Å². The molecule has 3 nitrogen and oxygen atoms in total. The van der Waals surface area contributed by atoms with Crippen molar-refractivity contribution in [2.75, 3.05) is 13.6 Å². The third kappa shape index (κ3) is 5.40. The van der Waals surface area contributed by atoms with Crippen LogP contribution in [0.3, 0.4) is 0 Å². The Morgan fingerprint density at radius 3 is 2.14 bits per heavy atom. The summed E-state index contributed by atoms with van der Waals surface area (Å²) in [5.41, 5.74) is 8.49. The zero-order valence-electron chi connectivity index (χ0n) is 14.7. The predicted molar refractivity (Wildman–Crippen MR) is 91.1 cm³/mol. The lowest BCUT2D eigenvalue weighted by Gasteiger charge is -2.44. The fourth-order valence-corrected chi connectivity index (χ4v) is 3.34. The van der Waals surface area contributed by atoms with Gasteiger partial charge in [-0.3, -0.25) is 9.88 Å². The van der Waals surface area contributed by atoms with Gasteiger partial charge in [-0.1, -0.05) is 33.8 Å². The molecule has 2 N–H and O–H groups in total. The maximum absolute atomic E-state index is 6.23. The SMILES string of the molecule is Cc1cccc(CN(C)C(CN)(CC(C)C)CC(C)C)n1. The van der Waals surface area contributed by atoms with Crippen LogP contribution in [-0.4, -0.2) is 29.0 Å². The average molecular weight is 291 g/mol. The molecule has 1 heterocycles. The summed E-state index contributed by atoms with van der Waals surface area (Å²) in [4.78, 5) is 7.06. The second kappa shape index (κ2) is 7.90. The highest BCUT2D eigenvalue weighted by atomic mass is 15.2. The van der Waals surface area contributed by atoms with E-state index in [0.29, 0.717) is 18.4 Å². The second-order valence-electron chi connectivity index (χ2n) is 7.25. The van der Waals surface area contributed by atoms with Gasteiger partial charge in [-0.2, -0.15) is 0 Å². The van der Waals surface area contributed by atoms with Crippen LogP contribution in [0.25, 0.3) is 0 Å². The quantitative estimate of drug-likeness (QED) is 0.795. The van der Waals surface area contributed by atoms with Gasteiger partial charge in [0.25, 0.3) is 0 Å². The minimum absolute atomic E-state index is 0.0633. The third-order valence-electron chi connectivity index (χ3n) is 4.11. The number of nitrogens with two attached hydrogens (primary N) is 1. The van der Waals surface area contributed by atoms with E-state index in [2.05, 4.69) is 56.8 Å². The maximum Gasteiger partial charge on any atom is 0.0547 e. The Bertz CT molecular complexity index is 416. The molecule has 1 aromatic heterocycles. The summed E-state index contributed by atoms with van der Waals surface area (Å²) in [6, 6.07) is 6.23. The van der Waals surface area contributed by atoms with Gasteiger partial charge in [0.15, 0.2) is 0 Å². The first-order chi connectivity index (χ1) is 9.79. The minimum Gasteiger partial charge on any atom is -0.329 e. The Hall–Kier alpha value is -0.930. The van der Waals surface area contributed by atoms with E-state index < -0.39 is 0 Å². The molecule has 21 heavy (non-hydrogen) atoms. The summed E-state index contributed by atoms with van der Waals surface area (Å²) in [6.45, 7) is 12.7. The number of hydrogen-bond acceptors (Lipinski definition) is 3. The van der Waals surface area contributed by atoms with Crippen molar-refractivity contribution in [3.8, 4) is 0 Å². The highest BCUT2D eigenvalue weighted by Crippen LogP contribution is 2.30. The van der Waals surface area contributed by atoms with E-state index in [1.54, 1.807) is 0 Å². The van der Waals surface area contributed by atoms with E-state index in [1.807, 2.05) is 13.0 Å². The van der Waals surface area contributed by atoms with E-state index >= 15 is 0 Å². The molecule has 0 atom stereocenters. The van der Waals surface area contributed by atoms with E-state index in [-0.39, 0.29) is 5.54 Å². The van der Waals surface area contributed by atoms with Crippen molar-refractivity contribution < 1.29 is 0 Å². The van der Waals surface area contributed by atoms with Crippen LogP contribution in [0.2, 0.25) is 0 Å². The lowest BCUT2D eigenvalue weighted by Crippen LogP contribution is -2.53. The molecule has 0 aliphatic rings. The number of hydrogen-bond donors (Lipinski definition) is 1. The molecule has 0 amide bonds. The molecule has 1 aromatic rings. The maximum atomic E-state index is 6.23. The summed E-state index contributed by atoms with van der Waals surface area (Å²) >= 11 is 0. The first-order valence-electron chi connectivity index (χ1n) is 8.13. The summed E-state index contributed by atoms with van der Waals surface area (Å²) in [5, 5.41) is 0. The molecule has 120 valence electrons. The molecule has 0 aliphatic carbocycles. The zero-order chi connectivity index (χ0) is 16.0. The fourth-order valence-electron chi connectivity index (χ4n) is 3.34. The van der Waals surface area contributed by atoms with Crippen LogP contribution in [0.4, 0.5) is 0 Å². The van der Waals surface area contributed by atoms with Crippen molar-refractivity contribution in [1.29, 1.82) is 0 Å². The van der Waals surface area contributed by atoms with Crippen molar-refractivity contribution >= 4 is 0 Å². The van der Waals surface area contributed by atoms with E-state index in [4.69, 9.17) is 5.73 Å². The highest BCUT2D eigenvalue weighted by molar-refractivity contribution is 5.10. The molecule has 0 radical (unpaired) electrons. The molecule has 0 spiro atoms. The van der Waals surface area contributed by atoms with Crippen LogP contribution < -0.4 is 5.73 Å². The summed E-state index contributed by atoms with van der Waals surface area (Å²) in [6.07, 6.45) is 2.26. The molecule has 0 saturated carbocycles. The molecular weight excluding hydrogens is 258 g/mol. The van der Waals surface area contributed by atoms with Crippen LogP contribution in [0.15, 0.2) is 18.2 Å². The number of aromatic nitrogens is 1. The second-order valence-corrected chi connectivity index (χ2v) is 7.25. The van der Waals surface area contributed by atoms with Crippen LogP contribution in [0, 0.1) is 18.8 Å². The number of likely N-dealkylation sites (N-methyl/N-ethyl adjacent to an activating group) is 1. The molecule has 0 unspecified atom stereocenters. The minimum atomic E-state index is 0.0633. The van der Waals surface area contributed by atoms with Gasteiger partial charge in [0.1, 0.15) is 0 Å². The van der Waals surface area contributed by atoms with Gasteiger partial charge < -0.3 is 5.73 Å². The third-order valence-corrected chi connectivity index (χ3v) is 4.11. The summed E-state index contributed by atoms with van der Waals surface area (Å²) in [5.74, 6) is 1.28. The topological polar surface area (TPSA) is 42.1 Å². The first kappa shape index (κ1) is 18.1. The Morgan fingerprint density at radius 2 is 1.71 bits per heavy atom. The van der Waals surface area contributed by atoms with Gasteiger partial charge in [-0.15, -0.1) is 0 Å². The first-order valence-corrected chi connectivity index (χ1v) is 8.13. The van der Waals surface area contributed by atoms with Crippen molar-refractivity contribution in [2.45, 2.75) is 59.5 Å². The summed E-state index contributed by atoms with van der Waals surface area (Å²) in [7, 11) is 2.20. The van der Waals surface area contributed by atoms with E-state index in [0.717, 1.165) is 30.8 Å². The van der Waals surface area contributed by atoms with Crippen LogP contribution in [0.5, 0.6) is 0 Å². The van der Waals surface area contributed by atoms with Crippen molar-refractivity contribution in [1.82, 2.24) is 9.88 Å². The van der Waals surface area contributed by atoms with Crippen LogP contribution in [-0.2, 0) is 6.54 Å². The Kier molecular flexibility index (Phi) is 6.82. The molecule has 0 saturated heterocycles. The lowest BCUT2D eigenvalue weighted by atomic mass is 9.80. The molecule has 0 aliphatic heterocycles. The largest absolute Gasteiger partial charge is 0.329 e. The predicted octanol–water partition coefficient (Wildman–Crippen LogP) is 3.61. The lowest BCUT2D eigenvalue weighted by molar-refractivity contribution is 0.0702. The van der Waals surface area contributed by atoms with Crippen molar-refractivity contribution in [3.05, 3.63) is 29.6 Å². The monoisotopic (exact) mass is 291 g/mol. The van der Waals surface area contributed by atoms with Gasteiger partial charge >= 0.3 is 0 Å². The van der Waals surface area contributed by atoms with E-state index in [9.17, 15) is 0 Å². The summed E-state index contributed by atoms with van der Waals surface area (Å²) < 4.78 is 0. The van der Waals surface area contributed by atoms with Gasteiger partial charge in [0, 0.05) is 24.3 Å². The van der Waals surface area contributed by atoms with Crippen molar-refractivity contribution in [2.24, 2.45) is 17.6 Å². The molecule has 1 rings (SSSR count). The van der Waals surface area contributed by atoms with Crippen molar-refractivity contribution in [3.63, 3.8) is 0 Å². The Balaban J connectivity index is 2.95. The fraction of sp³-hybridized carbons (Fsp3) is 0.722. The molecule has 0 bridgehead atoms. The number of aryl methyl sites for hydroxylation is 1. The smallest absolute Gasteiger partial charge is 0.0547 e. The Morgan fingerprint density at radius 1 is 1.14 bits per heavy atom. The van der Waals surface area contributed by atoms with E-state index in [1.165, 1.54) is 0 Å². The van der Waals surface area contributed by atoms with Crippen LogP contribution in [0.1, 0.15) is 51.9 Å². The number of nitrogens with zero attached hydrogens (tertiary/aromatic N) is 2. The molecule has 0 aromatic carbocycles. The normalized spacial score (nSPS) is 12.7. The average Bonchev–Trinajstić information content (AvgIpc) is 2.36. The zero-order valence-corrected chi connectivity index (χ0v) is 14.7. The number of rotatable bonds is 8. The highest BCUT2D eigenvalue weighted by Gasteiger charge is 2.34. The molecule has 3 heteroatoms. The van der Waals surface area contributed by atoms with Gasteiger partial charge in [0.05, 0.1) is 5.69 Å². The molecular formula is C18H33N3. The molecule has 0 fully saturated rings. The van der Waals surface area contributed by atoms with Gasteiger partial charge in [-0.05, 0) is 50.8 Å². The van der Waals surface area contributed by atoms with Crippen LogP contribution >= 0.6 is 0 Å². The standard InChI is InChI=1S/C18H33N3/c1-14(2)10-18(13-19,11-15(3)4)21(6)12-17-9-7-8-16(5)20-17/h7-9,14-15H,10-13,19H2,1-6H3. The Labute approximate surface area is 130 Å².